The fourth-order valence-corrected chi connectivity index (χ4v) is 3.19. The van der Waals surface area contributed by atoms with Gasteiger partial charge in [-0.1, -0.05) is 13.0 Å². The lowest BCUT2D eigenvalue weighted by atomic mass is 10.2. The lowest BCUT2D eigenvalue weighted by Gasteiger charge is -2.21. The molecule has 0 radical (unpaired) electrons. The lowest BCUT2D eigenvalue weighted by molar-refractivity contribution is -0.140. The SMILES string of the molecule is CCCNc1nc(Nc2ccc(C(N)=O)cc2)ncc1C(=O)Nc1cccc(NC(CN)C(F)(F)F)c1. The molecule has 3 rings (SSSR count). The second-order valence-electron chi connectivity index (χ2n) is 7.96. The zero-order valence-corrected chi connectivity index (χ0v) is 19.9. The number of benzene rings is 2. The van der Waals surface area contributed by atoms with Crippen LogP contribution in [0.1, 0.15) is 34.1 Å². The molecular formula is C24H27F3N8O2. The van der Waals surface area contributed by atoms with Crippen molar-refractivity contribution in [3.05, 3.63) is 65.9 Å². The maximum absolute atomic E-state index is 13.0. The van der Waals surface area contributed by atoms with Gasteiger partial charge in [-0.3, -0.25) is 9.59 Å². The van der Waals surface area contributed by atoms with Crippen LogP contribution >= 0.6 is 0 Å². The number of hydrogen-bond acceptors (Lipinski definition) is 8. The monoisotopic (exact) mass is 516 g/mol. The Kier molecular flexibility index (Phi) is 8.85. The summed E-state index contributed by atoms with van der Waals surface area (Å²) in [5.41, 5.74) is 12.0. The second-order valence-corrected chi connectivity index (χ2v) is 7.96. The van der Waals surface area contributed by atoms with Crippen molar-refractivity contribution < 1.29 is 22.8 Å². The maximum Gasteiger partial charge on any atom is 0.409 e. The van der Waals surface area contributed by atoms with Gasteiger partial charge in [0.05, 0.1) is 0 Å². The minimum absolute atomic E-state index is 0.136. The average Bonchev–Trinajstić information content (AvgIpc) is 2.86. The first-order valence-corrected chi connectivity index (χ1v) is 11.3. The minimum atomic E-state index is -4.52. The Morgan fingerprint density at radius 1 is 1.05 bits per heavy atom. The van der Waals surface area contributed by atoms with E-state index in [4.69, 9.17) is 11.5 Å². The zero-order valence-electron chi connectivity index (χ0n) is 19.9. The van der Waals surface area contributed by atoms with E-state index < -0.39 is 30.6 Å². The van der Waals surface area contributed by atoms with Crippen LogP contribution in [0.4, 0.5) is 42.0 Å². The number of carbonyl (C=O) groups excluding carboxylic acids is 2. The molecule has 8 N–H and O–H groups in total. The zero-order chi connectivity index (χ0) is 27.0. The van der Waals surface area contributed by atoms with Gasteiger partial charge in [0.25, 0.3) is 5.91 Å². The predicted molar refractivity (Wildman–Crippen MR) is 136 cm³/mol. The molecule has 0 aliphatic heterocycles. The molecule has 196 valence electrons. The van der Waals surface area contributed by atoms with E-state index in [1.165, 1.54) is 24.4 Å². The summed E-state index contributed by atoms with van der Waals surface area (Å²) in [6, 6.07) is 10.3. The van der Waals surface area contributed by atoms with Crippen molar-refractivity contribution >= 4 is 40.6 Å². The highest BCUT2D eigenvalue weighted by Crippen LogP contribution is 2.25. The van der Waals surface area contributed by atoms with Gasteiger partial charge in [-0.15, -0.1) is 0 Å². The highest BCUT2D eigenvalue weighted by molar-refractivity contribution is 6.07. The Labute approximate surface area is 211 Å². The number of nitrogens with two attached hydrogens (primary N) is 2. The van der Waals surface area contributed by atoms with E-state index >= 15 is 0 Å². The van der Waals surface area contributed by atoms with Crippen molar-refractivity contribution in [3.63, 3.8) is 0 Å². The molecule has 0 spiro atoms. The highest BCUT2D eigenvalue weighted by atomic mass is 19.4. The quantitative estimate of drug-likeness (QED) is 0.225. The Morgan fingerprint density at radius 2 is 1.76 bits per heavy atom. The molecule has 3 aromatic rings. The maximum atomic E-state index is 13.0. The van der Waals surface area contributed by atoms with Gasteiger partial charge < -0.3 is 32.7 Å². The summed E-state index contributed by atoms with van der Waals surface area (Å²) < 4.78 is 39.1. The number of alkyl halides is 3. The summed E-state index contributed by atoms with van der Waals surface area (Å²) in [4.78, 5) is 32.8. The van der Waals surface area contributed by atoms with Gasteiger partial charge >= 0.3 is 6.18 Å². The molecule has 0 bridgehead atoms. The number of halogens is 3. The van der Waals surface area contributed by atoms with Crippen LogP contribution in [0.2, 0.25) is 0 Å². The van der Waals surface area contributed by atoms with E-state index in [9.17, 15) is 22.8 Å². The normalized spacial score (nSPS) is 11.9. The number of hydrogen-bond donors (Lipinski definition) is 6. The van der Waals surface area contributed by atoms with Gasteiger partial charge in [-0.25, -0.2) is 4.98 Å². The van der Waals surface area contributed by atoms with Crippen molar-refractivity contribution in [3.8, 4) is 0 Å². The van der Waals surface area contributed by atoms with Crippen LogP contribution in [-0.2, 0) is 0 Å². The summed E-state index contributed by atoms with van der Waals surface area (Å²) in [5, 5.41) is 11.1. The van der Waals surface area contributed by atoms with Crippen LogP contribution in [0.15, 0.2) is 54.7 Å². The lowest BCUT2D eigenvalue weighted by Crippen LogP contribution is -2.42. The molecule has 0 saturated heterocycles. The molecule has 13 heteroatoms. The van der Waals surface area contributed by atoms with E-state index in [1.807, 2.05) is 6.92 Å². The first-order valence-electron chi connectivity index (χ1n) is 11.3. The summed E-state index contributed by atoms with van der Waals surface area (Å²) in [5.74, 6) is -0.641. The summed E-state index contributed by atoms with van der Waals surface area (Å²) in [7, 11) is 0. The molecule has 0 fully saturated rings. The number of nitrogens with zero attached hydrogens (tertiary/aromatic N) is 2. The van der Waals surface area contributed by atoms with E-state index in [2.05, 4.69) is 31.2 Å². The Morgan fingerprint density at radius 3 is 2.38 bits per heavy atom. The molecular weight excluding hydrogens is 489 g/mol. The fraction of sp³-hybridized carbons (Fsp3) is 0.250. The van der Waals surface area contributed by atoms with Crippen LogP contribution in [0, 0.1) is 0 Å². The van der Waals surface area contributed by atoms with E-state index in [0.717, 1.165) is 6.42 Å². The molecule has 1 aromatic heterocycles. The molecule has 10 nitrogen and oxygen atoms in total. The molecule has 1 heterocycles. The number of primary amides is 1. The number of anilines is 5. The van der Waals surface area contributed by atoms with Crippen LogP contribution in [0.3, 0.4) is 0 Å². The molecule has 2 amide bonds. The van der Waals surface area contributed by atoms with Crippen LogP contribution in [-0.4, -0.2) is 47.1 Å². The molecule has 37 heavy (non-hydrogen) atoms. The fourth-order valence-electron chi connectivity index (χ4n) is 3.19. The van der Waals surface area contributed by atoms with E-state index in [0.29, 0.717) is 17.8 Å². The molecule has 0 aliphatic rings. The summed E-state index contributed by atoms with van der Waals surface area (Å²) in [6.45, 7) is 1.84. The second kappa shape index (κ2) is 12.0. The minimum Gasteiger partial charge on any atom is -0.373 e. The third-order valence-electron chi connectivity index (χ3n) is 5.09. The van der Waals surface area contributed by atoms with Gasteiger partial charge in [0.1, 0.15) is 17.4 Å². The van der Waals surface area contributed by atoms with Crippen LogP contribution < -0.4 is 32.7 Å². The first-order chi connectivity index (χ1) is 17.6. The first kappa shape index (κ1) is 27.2. The van der Waals surface area contributed by atoms with Crippen molar-refractivity contribution in [1.82, 2.24) is 9.97 Å². The third-order valence-corrected chi connectivity index (χ3v) is 5.09. The molecule has 1 atom stereocenters. The van der Waals surface area contributed by atoms with Gasteiger partial charge in [0.2, 0.25) is 11.9 Å². The van der Waals surface area contributed by atoms with Crippen molar-refractivity contribution in [2.75, 3.05) is 34.4 Å². The number of nitrogens with one attached hydrogen (secondary N) is 4. The summed E-state index contributed by atoms with van der Waals surface area (Å²) >= 11 is 0. The summed E-state index contributed by atoms with van der Waals surface area (Å²) in [6.07, 6.45) is -2.43. The van der Waals surface area contributed by atoms with Gasteiger partial charge in [-0.2, -0.15) is 18.2 Å². The average molecular weight is 517 g/mol. The predicted octanol–water partition coefficient (Wildman–Crippen LogP) is 3.69. The topological polar surface area (TPSA) is 160 Å². The van der Waals surface area contributed by atoms with E-state index in [-0.39, 0.29) is 28.7 Å². The number of carbonyl (C=O) groups is 2. The third kappa shape index (κ3) is 7.54. The largest absolute Gasteiger partial charge is 0.409 e. The van der Waals surface area contributed by atoms with E-state index in [1.54, 1.807) is 30.3 Å². The standard InChI is InChI=1S/C24H27F3N8O2/c1-2-10-30-21-18(13-31-23(35-21)34-15-8-6-14(7-9-15)20(29)36)22(37)33-17-5-3-4-16(11-17)32-19(12-28)24(25,26)27/h3-9,11,13,19,32H,2,10,12,28H2,1H3,(H2,29,36)(H,33,37)(H2,30,31,34,35). The molecule has 2 aromatic carbocycles. The van der Waals surface area contributed by atoms with Gasteiger partial charge in [-0.05, 0) is 48.9 Å². The Balaban J connectivity index is 1.78. The number of aromatic nitrogens is 2. The number of amides is 2. The highest BCUT2D eigenvalue weighted by Gasteiger charge is 2.38. The van der Waals surface area contributed by atoms with Crippen LogP contribution in [0.5, 0.6) is 0 Å². The smallest absolute Gasteiger partial charge is 0.373 e. The molecule has 0 aliphatic carbocycles. The molecule has 0 saturated carbocycles. The van der Waals surface area contributed by atoms with Crippen molar-refractivity contribution in [2.24, 2.45) is 11.5 Å². The van der Waals surface area contributed by atoms with Gasteiger partial charge in [0.15, 0.2) is 0 Å². The van der Waals surface area contributed by atoms with Crippen LogP contribution in [0.25, 0.3) is 0 Å². The Hall–Kier alpha value is -4.39. The van der Waals surface area contributed by atoms with Gasteiger partial charge in [0, 0.05) is 41.9 Å². The number of rotatable bonds is 11. The Bertz CT molecular complexity index is 1240. The van der Waals surface area contributed by atoms with Crippen molar-refractivity contribution in [2.45, 2.75) is 25.6 Å². The molecule has 1 unspecified atom stereocenters. The van der Waals surface area contributed by atoms with Crippen molar-refractivity contribution in [1.29, 1.82) is 0 Å².